The highest BCUT2D eigenvalue weighted by Gasteiger charge is 2.10. The molecule has 4 heterocycles. The van der Waals surface area contributed by atoms with Gasteiger partial charge in [0.05, 0.1) is 24.5 Å². The number of aliphatic hydroxyl groups is 1. The quantitative estimate of drug-likeness (QED) is 0.523. The van der Waals surface area contributed by atoms with Crippen LogP contribution < -0.4 is 5.32 Å². The number of anilines is 1. The first-order valence-electron chi connectivity index (χ1n) is 8.01. The van der Waals surface area contributed by atoms with E-state index in [1.165, 1.54) is 0 Å². The first-order valence-corrected chi connectivity index (χ1v) is 8.01. The maximum atomic E-state index is 9.38. The van der Waals surface area contributed by atoms with Gasteiger partial charge in [-0.25, -0.2) is 4.98 Å². The Kier molecular flexibility index (Phi) is 4.10. The Labute approximate surface area is 144 Å². The van der Waals surface area contributed by atoms with Gasteiger partial charge in [-0.3, -0.25) is 9.97 Å². The van der Waals surface area contributed by atoms with E-state index in [9.17, 15) is 5.11 Å². The molecule has 0 spiro atoms. The highest BCUT2D eigenvalue weighted by Crippen LogP contribution is 2.29. The molecule has 0 aromatic carbocycles. The Morgan fingerprint density at radius 1 is 1.04 bits per heavy atom. The van der Waals surface area contributed by atoms with Gasteiger partial charge in [0.25, 0.3) is 0 Å². The minimum atomic E-state index is -0.0122. The molecule has 4 aromatic rings. The summed E-state index contributed by atoms with van der Waals surface area (Å²) in [7, 11) is 0. The Hall–Kier alpha value is -3.25. The summed E-state index contributed by atoms with van der Waals surface area (Å²) in [6, 6.07) is 13.5. The molecule has 0 radical (unpaired) electrons. The molecule has 0 aliphatic rings. The third kappa shape index (κ3) is 3.20. The van der Waals surface area contributed by atoms with E-state index in [4.69, 9.17) is 0 Å². The smallest absolute Gasteiger partial charge is 0.140 e. The summed E-state index contributed by atoms with van der Waals surface area (Å²) in [6.07, 6.45) is 5.34. The number of rotatable bonds is 5. The number of aliphatic hydroxyl groups excluding tert-OH is 1. The zero-order chi connectivity index (χ0) is 17.1. The van der Waals surface area contributed by atoms with Crippen LogP contribution in [0.3, 0.4) is 0 Å². The molecule has 0 aliphatic carbocycles. The summed E-state index contributed by atoms with van der Waals surface area (Å²) in [4.78, 5) is 16.5. The Bertz CT molecular complexity index is 997. The average Bonchev–Trinajstić information content (AvgIpc) is 3.15. The van der Waals surface area contributed by atoms with Crippen LogP contribution in [0.15, 0.2) is 61.1 Å². The minimum absolute atomic E-state index is 0.0122. The monoisotopic (exact) mass is 331 g/mol. The van der Waals surface area contributed by atoms with Crippen LogP contribution in [0.5, 0.6) is 0 Å². The molecule has 4 rings (SSSR count). The first kappa shape index (κ1) is 15.3. The average molecular weight is 331 g/mol. The number of aromatic amines is 1. The summed E-state index contributed by atoms with van der Waals surface area (Å²) in [6.45, 7) is 0.575. The lowest BCUT2D eigenvalue weighted by atomic mass is 10.1. The molecule has 0 saturated carbocycles. The van der Waals surface area contributed by atoms with E-state index in [1.807, 2.05) is 42.6 Å². The van der Waals surface area contributed by atoms with Crippen LogP contribution in [-0.2, 0) is 13.2 Å². The molecule has 0 unspecified atom stereocenters. The molecular formula is C19H17N5O. The van der Waals surface area contributed by atoms with Gasteiger partial charge in [-0.15, -0.1) is 0 Å². The molecule has 25 heavy (non-hydrogen) atoms. The van der Waals surface area contributed by atoms with Crippen molar-refractivity contribution in [1.29, 1.82) is 0 Å². The Morgan fingerprint density at radius 2 is 2.00 bits per heavy atom. The molecule has 0 aliphatic heterocycles. The second-order valence-corrected chi connectivity index (χ2v) is 5.68. The van der Waals surface area contributed by atoms with Gasteiger partial charge in [0, 0.05) is 29.5 Å². The molecule has 6 nitrogen and oxygen atoms in total. The van der Waals surface area contributed by atoms with Gasteiger partial charge >= 0.3 is 0 Å². The Morgan fingerprint density at radius 3 is 2.84 bits per heavy atom. The molecule has 4 aromatic heterocycles. The standard InChI is InChI=1S/C19H17N5O/c25-12-13-4-7-21-17(9-13)16-10-18(24-19-15(16)5-8-22-19)23-11-14-3-1-2-6-20-14/h1-10,25H,11-12H2,(H2,22,23,24). The molecule has 0 fully saturated rings. The Balaban J connectivity index is 1.72. The normalized spacial score (nSPS) is 10.9. The van der Waals surface area contributed by atoms with Gasteiger partial charge in [-0.2, -0.15) is 0 Å². The SMILES string of the molecule is OCc1ccnc(-c2cc(NCc3ccccn3)nc3[nH]ccc23)c1. The van der Waals surface area contributed by atoms with E-state index in [0.29, 0.717) is 6.54 Å². The van der Waals surface area contributed by atoms with E-state index in [2.05, 4.69) is 25.3 Å². The van der Waals surface area contributed by atoms with Crippen molar-refractivity contribution in [3.63, 3.8) is 0 Å². The van der Waals surface area contributed by atoms with Gasteiger partial charge in [0.1, 0.15) is 11.5 Å². The lowest BCUT2D eigenvalue weighted by molar-refractivity contribution is 0.282. The second kappa shape index (κ2) is 6.70. The van der Waals surface area contributed by atoms with Crippen LogP contribution in [0.2, 0.25) is 0 Å². The van der Waals surface area contributed by atoms with Crippen molar-refractivity contribution >= 4 is 16.9 Å². The molecule has 6 heteroatoms. The number of H-pyrrole nitrogens is 1. The zero-order valence-corrected chi connectivity index (χ0v) is 13.5. The highest BCUT2D eigenvalue weighted by molar-refractivity contribution is 5.93. The van der Waals surface area contributed by atoms with Crippen LogP contribution in [0.4, 0.5) is 5.82 Å². The van der Waals surface area contributed by atoms with Crippen molar-refractivity contribution in [1.82, 2.24) is 19.9 Å². The first-order chi connectivity index (χ1) is 12.3. The van der Waals surface area contributed by atoms with Crippen molar-refractivity contribution in [3.05, 3.63) is 72.3 Å². The zero-order valence-electron chi connectivity index (χ0n) is 13.5. The third-order valence-corrected chi connectivity index (χ3v) is 3.99. The number of pyridine rings is 3. The molecule has 0 saturated heterocycles. The van der Waals surface area contributed by atoms with Crippen molar-refractivity contribution in [2.75, 3.05) is 5.32 Å². The maximum Gasteiger partial charge on any atom is 0.140 e. The molecule has 0 atom stereocenters. The summed E-state index contributed by atoms with van der Waals surface area (Å²) in [5.41, 5.74) is 4.33. The maximum absolute atomic E-state index is 9.38. The summed E-state index contributed by atoms with van der Waals surface area (Å²) in [5.74, 6) is 0.742. The molecule has 0 amide bonds. The number of nitrogens with zero attached hydrogens (tertiary/aromatic N) is 3. The molecule has 0 bridgehead atoms. The topological polar surface area (TPSA) is 86.7 Å². The van der Waals surface area contributed by atoms with Crippen LogP contribution in [0, 0.1) is 0 Å². The number of nitrogens with one attached hydrogen (secondary N) is 2. The van der Waals surface area contributed by atoms with Crippen LogP contribution in [-0.4, -0.2) is 25.0 Å². The van der Waals surface area contributed by atoms with E-state index < -0.39 is 0 Å². The van der Waals surface area contributed by atoms with E-state index in [-0.39, 0.29) is 6.61 Å². The predicted octanol–water partition coefficient (Wildman–Crippen LogP) is 3.12. The highest BCUT2D eigenvalue weighted by atomic mass is 16.3. The van der Waals surface area contributed by atoms with Crippen LogP contribution >= 0.6 is 0 Å². The summed E-state index contributed by atoms with van der Waals surface area (Å²) in [5, 5.41) is 13.7. The summed E-state index contributed by atoms with van der Waals surface area (Å²) >= 11 is 0. The van der Waals surface area contributed by atoms with Gasteiger partial charge in [0.15, 0.2) is 0 Å². The van der Waals surface area contributed by atoms with Gasteiger partial charge in [-0.05, 0) is 42.0 Å². The minimum Gasteiger partial charge on any atom is -0.392 e. The van der Waals surface area contributed by atoms with Crippen molar-refractivity contribution in [3.8, 4) is 11.3 Å². The second-order valence-electron chi connectivity index (χ2n) is 5.68. The fourth-order valence-electron chi connectivity index (χ4n) is 2.74. The van der Waals surface area contributed by atoms with Gasteiger partial charge in [0.2, 0.25) is 0 Å². The van der Waals surface area contributed by atoms with Crippen LogP contribution in [0.25, 0.3) is 22.3 Å². The van der Waals surface area contributed by atoms with Gasteiger partial charge < -0.3 is 15.4 Å². The number of hydrogen-bond donors (Lipinski definition) is 3. The fraction of sp³-hybridized carbons (Fsp3) is 0.105. The van der Waals surface area contributed by atoms with Crippen molar-refractivity contribution in [2.24, 2.45) is 0 Å². The van der Waals surface area contributed by atoms with Crippen molar-refractivity contribution in [2.45, 2.75) is 13.2 Å². The van der Waals surface area contributed by atoms with Crippen molar-refractivity contribution < 1.29 is 5.11 Å². The largest absolute Gasteiger partial charge is 0.392 e. The van der Waals surface area contributed by atoms with Gasteiger partial charge in [-0.1, -0.05) is 6.07 Å². The number of fused-ring (bicyclic) bond motifs is 1. The van der Waals surface area contributed by atoms with E-state index in [1.54, 1.807) is 18.5 Å². The third-order valence-electron chi connectivity index (χ3n) is 3.99. The summed E-state index contributed by atoms with van der Waals surface area (Å²) < 4.78 is 0. The van der Waals surface area contributed by atoms with E-state index in [0.717, 1.165) is 39.4 Å². The number of hydrogen-bond acceptors (Lipinski definition) is 5. The molecule has 3 N–H and O–H groups in total. The van der Waals surface area contributed by atoms with Crippen LogP contribution in [0.1, 0.15) is 11.3 Å². The van der Waals surface area contributed by atoms with E-state index >= 15 is 0 Å². The molecule has 124 valence electrons. The fourth-order valence-corrected chi connectivity index (χ4v) is 2.74. The number of aromatic nitrogens is 4. The predicted molar refractivity (Wildman–Crippen MR) is 96.8 cm³/mol. The molecular weight excluding hydrogens is 314 g/mol. The lowest BCUT2D eigenvalue weighted by Crippen LogP contribution is -2.03. The lowest BCUT2D eigenvalue weighted by Gasteiger charge is -2.09.